The second-order valence-electron chi connectivity index (χ2n) is 6.57. The van der Waals surface area contributed by atoms with Gasteiger partial charge in [0.1, 0.15) is 12.7 Å². The molecule has 2 aromatic rings. The summed E-state index contributed by atoms with van der Waals surface area (Å²) < 4.78 is 1.74. The quantitative estimate of drug-likeness (QED) is 0.891. The van der Waals surface area contributed by atoms with Crippen molar-refractivity contribution in [2.24, 2.45) is 5.41 Å². The van der Waals surface area contributed by atoms with Gasteiger partial charge in [-0.2, -0.15) is 5.10 Å². The maximum atomic E-state index is 12.4. The number of carbonyl (C=O) groups excluding carboxylic acids is 1. The molecule has 2 aliphatic heterocycles. The lowest BCUT2D eigenvalue weighted by Crippen LogP contribution is -2.39. The molecule has 0 atom stereocenters. The van der Waals surface area contributed by atoms with Crippen molar-refractivity contribution in [3.05, 3.63) is 42.5 Å². The molecule has 2 bridgehead atoms. The molecule has 7 nitrogen and oxygen atoms in total. The third-order valence-electron chi connectivity index (χ3n) is 4.87. The number of nitrogens with zero attached hydrogens (tertiary/aromatic N) is 4. The Morgan fingerprint density at radius 3 is 3.00 bits per heavy atom. The first-order valence-electron chi connectivity index (χ1n) is 7.77. The third-order valence-corrected chi connectivity index (χ3v) is 4.87. The minimum Gasteiger partial charge on any atom is -0.396 e. The predicted octanol–water partition coefficient (Wildman–Crippen LogP) is 1.31. The minimum atomic E-state index is -0.0827. The number of urea groups is 1. The minimum absolute atomic E-state index is 0.0447. The summed E-state index contributed by atoms with van der Waals surface area (Å²) in [6.45, 7) is 1.43. The van der Waals surface area contributed by atoms with Gasteiger partial charge in [0.05, 0.1) is 13.2 Å². The average molecular weight is 313 g/mol. The fourth-order valence-electron chi connectivity index (χ4n) is 3.64. The molecule has 0 radical (unpaired) electrons. The van der Waals surface area contributed by atoms with E-state index in [1.807, 2.05) is 29.2 Å². The van der Waals surface area contributed by atoms with Crippen molar-refractivity contribution in [3.8, 4) is 0 Å². The summed E-state index contributed by atoms with van der Waals surface area (Å²) in [6.07, 6.45) is 5.01. The van der Waals surface area contributed by atoms with Gasteiger partial charge in [0.25, 0.3) is 0 Å². The highest BCUT2D eigenvalue weighted by Gasteiger charge is 2.56. The summed E-state index contributed by atoms with van der Waals surface area (Å²) in [7, 11) is 0. The zero-order chi connectivity index (χ0) is 15.9. The molecule has 1 aromatic heterocycles. The number of hydrogen-bond donors (Lipinski definition) is 2. The van der Waals surface area contributed by atoms with E-state index in [4.69, 9.17) is 0 Å². The van der Waals surface area contributed by atoms with Gasteiger partial charge in [0.15, 0.2) is 0 Å². The molecule has 3 heterocycles. The largest absolute Gasteiger partial charge is 0.396 e. The molecule has 1 saturated carbocycles. The van der Waals surface area contributed by atoms with Crippen molar-refractivity contribution in [2.45, 2.75) is 25.4 Å². The average Bonchev–Trinajstić information content (AvgIpc) is 3.21. The van der Waals surface area contributed by atoms with Gasteiger partial charge in [-0.15, -0.1) is 0 Å². The van der Waals surface area contributed by atoms with Crippen LogP contribution in [0.4, 0.5) is 10.5 Å². The van der Waals surface area contributed by atoms with E-state index in [2.05, 4.69) is 15.4 Å². The SMILES string of the molecule is O=C(Nc1cccc(Cn2cncn2)c1)N1CC2(CO)CC1C2. The number of carbonyl (C=O) groups is 1. The van der Waals surface area contributed by atoms with E-state index in [0.717, 1.165) is 24.1 Å². The standard InChI is InChI=1S/C16H19N5O2/c22-9-16-5-14(6-16)21(8-16)15(23)19-13-3-1-2-12(4-13)7-20-11-17-10-18-20/h1-4,10-11,14,22H,5-9H2,(H,19,23). The van der Waals surface area contributed by atoms with Crippen LogP contribution < -0.4 is 5.32 Å². The van der Waals surface area contributed by atoms with Crippen LogP contribution in [0.25, 0.3) is 0 Å². The molecule has 0 spiro atoms. The molecule has 0 unspecified atom stereocenters. The van der Waals surface area contributed by atoms with Gasteiger partial charge >= 0.3 is 6.03 Å². The van der Waals surface area contributed by atoms with Crippen LogP contribution in [0.5, 0.6) is 0 Å². The van der Waals surface area contributed by atoms with Crippen LogP contribution in [-0.4, -0.2) is 50.0 Å². The molecule has 23 heavy (non-hydrogen) atoms. The van der Waals surface area contributed by atoms with E-state index in [-0.39, 0.29) is 24.1 Å². The molecular formula is C16H19N5O2. The zero-order valence-electron chi connectivity index (χ0n) is 12.7. The number of aliphatic hydroxyl groups excluding tert-OH is 1. The lowest BCUT2D eigenvalue weighted by atomic mass is 9.71. The number of fused-ring (bicyclic) bond motifs is 1. The zero-order valence-corrected chi connectivity index (χ0v) is 12.7. The van der Waals surface area contributed by atoms with Crippen molar-refractivity contribution in [3.63, 3.8) is 0 Å². The van der Waals surface area contributed by atoms with E-state index in [1.54, 1.807) is 11.0 Å². The summed E-state index contributed by atoms with van der Waals surface area (Å²) in [6, 6.07) is 7.93. The fourth-order valence-corrected chi connectivity index (χ4v) is 3.64. The molecule has 1 aromatic carbocycles. The summed E-state index contributed by atoms with van der Waals surface area (Å²) in [5.74, 6) is 0. The molecule has 3 aliphatic rings. The number of amides is 2. The van der Waals surface area contributed by atoms with Crippen LogP contribution in [0.15, 0.2) is 36.9 Å². The number of anilines is 1. The first kappa shape index (κ1) is 14.2. The normalized spacial score (nSPS) is 25.3. The first-order chi connectivity index (χ1) is 11.2. The Bertz CT molecular complexity index is 709. The van der Waals surface area contributed by atoms with Crippen LogP contribution in [0, 0.1) is 5.41 Å². The maximum Gasteiger partial charge on any atom is 0.322 e. The highest BCUT2D eigenvalue weighted by molar-refractivity contribution is 5.90. The Morgan fingerprint density at radius 1 is 1.43 bits per heavy atom. The molecule has 2 N–H and O–H groups in total. The molecule has 2 saturated heterocycles. The second-order valence-corrected chi connectivity index (χ2v) is 6.57. The summed E-state index contributed by atoms with van der Waals surface area (Å²) in [5, 5.41) is 16.5. The summed E-state index contributed by atoms with van der Waals surface area (Å²) >= 11 is 0. The van der Waals surface area contributed by atoms with E-state index >= 15 is 0 Å². The summed E-state index contributed by atoms with van der Waals surface area (Å²) in [4.78, 5) is 18.2. The Labute approximate surface area is 133 Å². The van der Waals surface area contributed by atoms with Gasteiger partial charge < -0.3 is 15.3 Å². The van der Waals surface area contributed by atoms with Crippen LogP contribution >= 0.6 is 0 Å². The van der Waals surface area contributed by atoms with Crippen molar-refractivity contribution in [2.75, 3.05) is 18.5 Å². The van der Waals surface area contributed by atoms with E-state index < -0.39 is 0 Å². The number of aliphatic hydroxyl groups is 1. The van der Waals surface area contributed by atoms with Gasteiger partial charge in [-0.05, 0) is 30.5 Å². The smallest absolute Gasteiger partial charge is 0.322 e. The van der Waals surface area contributed by atoms with Gasteiger partial charge in [-0.3, -0.25) is 0 Å². The third kappa shape index (κ3) is 2.57. The topological polar surface area (TPSA) is 83.3 Å². The first-order valence-corrected chi connectivity index (χ1v) is 7.77. The Balaban J connectivity index is 1.42. The molecule has 120 valence electrons. The van der Waals surface area contributed by atoms with Gasteiger partial charge in [0.2, 0.25) is 0 Å². The van der Waals surface area contributed by atoms with Crippen molar-refractivity contribution >= 4 is 11.7 Å². The van der Waals surface area contributed by atoms with Crippen LogP contribution in [-0.2, 0) is 6.54 Å². The lowest BCUT2D eigenvalue weighted by molar-refractivity contribution is 0.0850. The number of rotatable bonds is 4. The van der Waals surface area contributed by atoms with Crippen LogP contribution in [0.2, 0.25) is 0 Å². The van der Waals surface area contributed by atoms with Gasteiger partial charge in [0, 0.05) is 23.7 Å². The fraction of sp³-hybridized carbons (Fsp3) is 0.438. The van der Waals surface area contributed by atoms with Crippen molar-refractivity contribution in [1.29, 1.82) is 0 Å². The van der Waals surface area contributed by atoms with Crippen molar-refractivity contribution in [1.82, 2.24) is 19.7 Å². The highest BCUT2D eigenvalue weighted by atomic mass is 16.3. The molecule has 3 fully saturated rings. The molecular weight excluding hydrogens is 294 g/mol. The monoisotopic (exact) mass is 313 g/mol. The molecule has 5 rings (SSSR count). The highest BCUT2D eigenvalue weighted by Crippen LogP contribution is 2.51. The Kier molecular flexibility index (Phi) is 3.30. The Morgan fingerprint density at radius 2 is 2.30 bits per heavy atom. The van der Waals surface area contributed by atoms with E-state index in [1.165, 1.54) is 6.33 Å². The number of aromatic nitrogens is 3. The predicted molar refractivity (Wildman–Crippen MR) is 83.8 cm³/mol. The lowest BCUT2D eigenvalue weighted by Gasteiger charge is -2.34. The van der Waals surface area contributed by atoms with Crippen LogP contribution in [0.3, 0.4) is 0 Å². The molecule has 2 amide bonds. The van der Waals surface area contributed by atoms with Gasteiger partial charge in [-0.1, -0.05) is 12.1 Å². The van der Waals surface area contributed by atoms with Crippen molar-refractivity contribution < 1.29 is 9.90 Å². The second kappa shape index (κ2) is 5.34. The number of nitrogens with one attached hydrogen (secondary N) is 1. The summed E-state index contributed by atoms with van der Waals surface area (Å²) in [5.41, 5.74) is 1.78. The van der Waals surface area contributed by atoms with Gasteiger partial charge in [-0.25, -0.2) is 14.5 Å². The number of hydrogen-bond acceptors (Lipinski definition) is 4. The molecule has 7 heteroatoms. The van der Waals surface area contributed by atoms with E-state index in [9.17, 15) is 9.90 Å². The van der Waals surface area contributed by atoms with E-state index in [0.29, 0.717) is 13.1 Å². The number of benzene rings is 1. The Hall–Kier alpha value is -2.41. The molecule has 1 aliphatic carbocycles. The maximum absolute atomic E-state index is 12.4. The van der Waals surface area contributed by atoms with Crippen LogP contribution in [0.1, 0.15) is 18.4 Å².